The Morgan fingerprint density at radius 2 is 2.20 bits per heavy atom. The van der Waals surface area contributed by atoms with Crippen molar-refractivity contribution in [2.45, 2.75) is 19.9 Å². The number of nitrogens with two attached hydrogens (primary N) is 1. The summed E-state index contributed by atoms with van der Waals surface area (Å²) in [4.78, 5) is 10.6. The number of ether oxygens (including phenoxy) is 1. The van der Waals surface area contributed by atoms with E-state index in [4.69, 9.17) is 10.5 Å². The molecule has 0 aromatic heterocycles. The molecule has 1 rings (SSSR count). The van der Waals surface area contributed by atoms with Gasteiger partial charge in [-0.3, -0.25) is 4.79 Å². The molecule has 0 saturated carbocycles. The maximum Gasteiger partial charge on any atom is 0.323 e. The lowest BCUT2D eigenvalue weighted by atomic mass is 9.88. The van der Waals surface area contributed by atoms with E-state index in [1.54, 1.807) is 0 Å². The predicted octanol–water partition coefficient (Wildman–Crippen LogP) is 0.319. The van der Waals surface area contributed by atoms with Crippen molar-refractivity contribution in [2.75, 3.05) is 6.61 Å². The topological polar surface area (TPSA) is 52.3 Å². The molecule has 1 saturated heterocycles. The monoisotopic (exact) mass is 165 g/mol. The normalized spacial score (nSPS) is 29.1. The van der Waals surface area contributed by atoms with E-state index in [1.807, 2.05) is 13.8 Å². The minimum atomic E-state index is -0.433. The first kappa shape index (κ1) is 9.72. The Kier molecular flexibility index (Phi) is 2.68. The fourth-order valence-electron chi connectivity index (χ4n) is 0.756. The summed E-state index contributed by atoms with van der Waals surface area (Å²) < 4.78 is 4.72. The first-order valence-corrected chi connectivity index (χ1v) is 2.96. The summed E-state index contributed by atoms with van der Waals surface area (Å²) in [6.45, 7) is 4.29. The number of hydrogen-bond donors (Lipinski definition) is 1. The van der Waals surface area contributed by atoms with Crippen LogP contribution in [0.2, 0.25) is 0 Å². The summed E-state index contributed by atoms with van der Waals surface area (Å²) in [6.07, 6.45) is 0. The molecule has 0 aromatic rings. The Morgan fingerprint density at radius 3 is 2.30 bits per heavy atom. The number of esters is 1. The van der Waals surface area contributed by atoms with Crippen molar-refractivity contribution in [3.8, 4) is 0 Å². The average molecular weight is 166 g/mol. The zero-order chi connectivity index (χ0) is 7.07. The predicted molar refractivity (Wildman–Crippen MR) is 40.0 cm³/mol. The average Bonchev–Trinajstić information content (AvgIpc) is 1.97. The van der Waals surface area contributed by atoms with Gasteiger partial charge in [0.1, 0.15) is 6.04 Å². The Labute approximate surface area is 66.3 Å². The standard InChI is InChI=1S/C6H11NO2.ClH/c1-6(2)3-9-5(8)4(6)7;/h4H,3,7H2,1-2H3;1H/t4-;/m1./s1. The number of carbonyl (C=O) groups is 1. The van der Waals surface area contributed by atoms with Gasteiger partial charge in [-0.1, -0.05) is 13.8 Å². The van der Waals surface area contributed by atoms with Crippen molar-refractivity contribution in [1.82, 2.24) is 0 Å². The van der Waals surface area contributed by atoms with Gasteiger partial charge < -0.3 is 10.5 Å². The molecule has 0 aromatic carbocycles. The Balaban J connectivity index is 0.000000810. The second kappa shape index (κ2) is 2.76. The number of hydrogen-bond acceptors (Lipinski definition) is 3. The molecule has 0 spiro atoms. The Bertz CT molecular complexity index is 147. The number of carbonyl (C=O) groups excluding carboxylic acids is 1. The van der Waals surface area contributed by atoms with Crippen LogP contribution in [0.3, 0.4) is 0 Å². The van der Waals surface area contributed by atoms with Crippen LogP contribution in [-0.2, 0) is 9.53 Å². The van der Waals surface area contributed by atoms with Crippen LogP contribution in [0, 0.1) is 5.41 Å². The van der Waals surface area contributed by atoms with Gasteiger partial charge in [-0.25, -0.2) is 0 Å². The van der Waals surface area contributed by atoms with E-state index in [0.717, 1.165) is 0 Å². The van der Waals surface area contributed by atoms with Crippen LogP contribution in [0.5, 0.6) is 0 Å². The third kappa shape index (κ3) is 1.41. The van der Waals surface area contributed by atoms with Gasteiger partial charge >= 0.3 is 5.97 Å². The summed E-state index contributed by atoms with van der Waals surface area (Å²) in [7, 11) is 0. The van der Waals surface area contributed by atoms with Crippen LogP contribution in [0.15, 0.2) is 0 Å². The summed E-state index contributed by atoms with van der Waals surface area (Å²) >= 11 is 0. The van der Waals surface area contributed by atoms with Crippen LogP contribution in [-0.4, -0.2) is 18.6 Å². The SMILES string of the molecule is CC1(C)COC(=O)[C@H]1N.Cl. The molecule has 0 bridgehead atoms. The second-order valence-electron chi connectivity index (χ2n) is 3.07. The van der Waals surface area contributed by atoms with Crippen molar-refractivity contribution in [1.29, 1.82) is 0 Å². The van der Waals surface area contributed by atoms with Crippen LogP contribution >= 0.6 is 12.4 Å². The van der Waals surface area contributed by atoms with Crippen molar-refractivity contribution in [3.63, 3.8) is 0 Å². The molecule has 1 heterocycles. The minimum absolute atomic E-state index is 0. The summed E-state index contributed by atoms with van der Waals surface area (Å²) in [5.74, 6) is -0.278. The quantitative estimate of drug-likeness (QED) is 0.526. The molecule has 2 N–H and O–H groups in total. The van der Waals surface area contributed by atoms with Gasteiger partial charge in [0, 0.05) is 5.41 Å². The minimum Gasteiger partial charge on any atom is -0.464 e. The van der Waals surface area contributed by atoms with Crippen LogP contribution < -0.4 is 5.73 Å². The molecule has 10 heavy (non-hydrogen) atoms. The third-order valence-electron chi connectivity index (χ3n) is 1.68. The van der Waals surface area contributed by atoms with Gasteiger partial charge in [0.05, 0.1) is 6.61 Å². The van der Waals surface area contributed by atoms with Gasteiger partial charge in [-0.05, 0) is 0 Å². The van der Waals surface area contributed by atoms with Gasteiger partial charge in [0.25, 0.3) is 0 Å². The first-order chi connectivity index (χ1) is 4.04. The van der Waals surface area contributed by atoms with Crippen LogP contribution in [0.1, 0.15) is 13.8 Å². The molecule has 1 atom stereocenters. The number of cyclic esters (lactones) is 1. The van der Waals surface area contributed by atoms with E-state index >= 15 is 0 Å². The van der Waals surface area contributed by atoms with Gasteiger partial charge in [-0.15, -0.1) is 12.4 Å². The maximum atomic E-state index is 10.6. The molecule has 0 amide bonds. The first-order valence-electron chi connectivity index (χ1n) is 2.96. The summed E-state index contributed by atoms with van der Waals surface area (Å²) in [5, 5.41) is 0. The van der Waals surface area contributed by atoms with Gasteiger partial charge in [-0.2, -0.15) is 0 Å². The molecule has 3 nitrogen and oxygen atoms in total. The fraction of sp³-hybridized carbons (Fsp3) is 0.833. The van der Waals surface area contributed by atoms with E-state index in [-0.39, 0.29) is 23.8 Å². The molecular weight excluding hydrogens is 154 g/mol. The highest BCUT2D eigenvalue weighted by molar-refractivity contribution is 5.85. The zero-order valence-electron chi connectivity index (χ0n) is 6.09. The van der Waals surface area contributed by atoms with Crippen LogP contribution in [0.4, 0.5) is 0 Å². The molecule has 1 aliphatic rings. The smallest absolute Gasteiger partial charge is 0.323 e. The summed E-state index contributed by atoms with van der Waals surface area (Å²) in [6, 6.07) is -0.433. The van der Waals surface area contributed by atoms with E-state index in [1.165, 1.54) is 0 Å². The van der Waals surface area contributed by atoms with Gasteiger partial charge in [0.15, 0.2) is 0 Å². The van der Waals surface area contributed by atoms with Crippen molar-refractivity contribution in [2.24, 2.45) is 11.1 Å². The largest absolute Gasteiger partial charge is 0.464 e. The van der Waals surface area contributed by atoms with E-state index in [2.05, 4.69) is 0 Å². The van der Waals surface area contributed by atoms with E-state index in [9.17, 15) is 4.79 Å². The van der Waals surface area contributed by atoms with E-state index in [0.29, 0.717) is 6.61 Å². The van der Waals surface area contributed by atoms with E-state index < -0.39 is 6.04 Å². The molecular formula is C6H12ClNO2. The lowest BCUT2D eigenvalue weighted by Crippen LogP contribution is -2.38. The molecule has 0 unspecified atom stereocenters. The summed E-state index contributed by atoms with van der Waals surface area (Å²) in [5.41, 5.74) is 5.31. The molecule has 1 aliphatic heterocycles. The van der Waals surface area contributed by atoms with Gasteiger partial charge in [0.2, 0.25) is 0 Å². The Morgan fingerprint density at radius 1 is 1.70 bits per heavy atom. The fourth-order valence-corrected chi connectivity index (χ4v) is 0.756. The third-order valence-corrected chi connectivity index (χ3v) is 1.68. The van der Waals surface area contributed by atoms with Crippen molar-refractivity contribution in [3.05, 3.63) is 0 Å². The maximum absolute atomic E-state index is 10.6. The molecule has 4 heteroatoms. The molecule has 1 fully saturated rings. The molecule has 60 valence electrons. The lowest BCUT2D eigenvalue weighted by molar-refractivity contribution is -0.139. The highest BCUT2D eigenvalue weighted by atomic mass is 35.5. The Hall–Kier alpha value is -0.280. The number of rotatable bonds is 0. The van der Waals surface area contributed by atoms with Crippen LogP contribution in [0.25, 0.3) is 0 Å². The second-order valence-corrected chi connectivity index (χ2v) is 3.07. The van der Waals surface area contributed by atoms with Crippen molar-refractivity contribution >= 4 is 18.4 Å². The highest BCUT2D eigenvalue weighted by Crippen LogP contribution is 2.26. The highest BCUT2D eigenvalue weighted by Gasteiger charge is 2.40. The van der Waals surface area contributed by atoms with Crippen molar-refractivity contribution < 1.29 is 9.53 Å². The lowest BCUT2D eigenvalue weighted by Gasteiger charge is -2.16. The number of halogens is 1. The zero-order valence-corrected chi connectivity index (χ0v) is 6.90. The molecule has 0 aliphatic carbocycles. The molecule has 0 radical (unpaired) electrons.